The fourth-order valence-corrected chi connectivity index (χ4v) is 10.1. The number of hydrogen-bond donors (Lipinski definition) is 0. The number of aromatic nitrogens is 2. The molecule has 0 radical (unpaired) electrons. The lowest BCUT2D eigenvalue weighted by molar-refractivity contribution is 0.584. The van der Waals surface area contributed by atoms with Gasteiger partial charge in [-0.1, -0.05) is 175 Å². The van der Waals surface area contributed by atoms with Crippen LogP contribution < -0.4 is 4.90 Å². The number of benzene rings is 8. The van der Waals surface area contributed by atoms with Gasteiger partial charge in [0.2, 0.25) is 0 Å². The van der Waals surface area contributed by atoms with Crippen molar-refractivity contribution in [3.05, 3.63) is 233 Å². The monoisotopic (exact) mass is 813 g/mol. The molecule has 0 N–H and O–H groups in total. The van der Waals surface area contributed by atoms with Gasteiger partial charge in [0.1, 0.15) is 5.82 Å². The third-order valence-electron chi connectivity index (χ3n) is 12.4. The second-order valence-electron chi connectivity index (χ2n) is 17.5. The van der Waals surface area contributed by atoms with Crippen molar-refractivity contribution in [2.75, 3.05) is 4.90 Å². The maximum absolute atomic E-state index is 5.84. The summed E-state index contributed by atoms with van der Waals surface area (Å²) >= 11 is 0. The molecule has 306 valence electrons. The van der Waals surface area contributed by atoms with Crippen molar-refractivity contribution < 1.29 is 0 Å². The van der Waals surface area contributed by atoms with E-state index in [1.165, 1.54) is 55.3 Å². The first-order valence-corrected chi connectivity index (χ1v) is 22.0. The van der Waals surface area contributed by atoms with E-state index in [0.29, 0.717) is 0 Å². The average molecular weight is 814 g/mol. The van der Waals surface area contributed by atoms with Gasteiger partial charge in [-0.15, -0.1) is 0 Å². The molecular formula is C60H51N3. The van der Waals surface area contributed by atoms with E-state index in [1.54, 1.807) is 0 Å². The van der Waals surface area contributed by atoms with Crippen LogP contribution in [-0.2, 0) is 5.41 Å². The Labute approximate surface area is 371 Å². The van der Waals surface area contributed by atoms with Gasteiger partial charge in [-0.25, -0.2) is 4.98 Å². The summed E-state index contributed by atoms with van der Waals surface area (Å²) < 4.78 is 2.43. The summed E-state index contributed by atoms with van der Waals surface area (Å²) in [6, 6.07) is 65.6. The first-order chi connectivity index (χ1) is 30.7. The lowest BCUT2D eigenvalue weighted by Crippen LogP contribution is -2.23. The quantitative estimate of drug-likeness (QED) is 0.135. The standard InChI is InChI=1S/C60H51N3/c1-41-35-42(2)38-48(37-41)55-53-23-15-16-24-54(53)56(60(5)39-43(3)36-44(4)40-60)57-58(55)63(50-21-13-8-14-22-50)59(61-57)47-29-33-52(34-30-47)62(49-19-11-7-12-20-49)51-31-27-46(28-32-51)26-25-45-17-9-6-10-18-45/h6-39H,40H2,1-5H3/b26-25+. The number of fused-ring (bicyclic) bond motifs is 2. The van der Waals surface area contributed by atoms with Crippen LogP contribution in [0.1, 0.15) is 55.0 Å². The van der Waals surface area contributed by atoms with E-state index in [-0.39, 0.29) is 5.41 Å². The summed E-state index contributed by atoms with van der Waals surface area (Å²) in [4.78, 5) is 8.17. The van der Waals surface area contributed by atoms with Gasteiger partial charge in [0.15, 0.2) is 0 Å². The lowest BCUT2D eigenvalue weighted by Gasteiger charge is -2.33. The van der Waals surface area contributed by atoms with Crippen LogP contribution in [0.4, 0.5) is 17.1 Å². The van der Waals surface area contributed by atoms with Gasteiger partial charge in [0.25, 0.3) is 0 Å². The molecule has 0 spiro atoms. The number of hydrogen-bond acceptors (Lipinski definition) is 2. The summed E-state index contributed by atoms with van der Waals surface area (Å²) in [5.74, 6) is 0.915. The summed E-state index contributed by atoms with van der Waals surface area (Å²) in [5, 5.41) is 2.49. The molecule has 63 heavy (non-hydrogen) atoms. The van der Waals surface area contributed by atoms with Crippen LogP contribution in [0.25, 0.3) is 62.2 Å². The first-order valence-electron chi connectivity index (χ1n) is 22.0. The topological polar surface area (TPSA) is 21.1 Å². The highest BCUT2D eigenvalue weighted by Gasteiger charge is 2.35. The van der Waals surface area contributed by atoms with E-state index in [0.717, 1.165) is 57.2 Å². The predicted octanol–water partition coefficient (Wildman–Crippen LogP) is 16.3. The zero-order valence-corrected chi connectivity index (χ0v) is 36.7. The third-order valence-corrected chi connectivity index (χ3v) is 12.4. The van der Waals surface area contributed by atoms with Crippen LogP contribution in [0.5, 0.6) is 0 Å². The molecule has 9 aromatic rings. The fraction of sp³-hybridized carbons (Fsp3) is 0.117. The SMILES string of the molecule is CC1=CC(C)(c2c3ccccc3c(-c3cc(C)cc(C)c3)c3c2nc(-c2ccc(N(c4ccccc4)c4ccc(/C=C/c5ccccc5)cc4)cc2)n3-c2ccccc2)CC(C)=C1. The van der Waals surface area contributed by atoms with Gasteiger partial charge in [-0.05, 0) is 128 Å². The van der Waals surface area contributed by atoms with Gasteiger partial charge in [-0.3, -0.25) is 4.57 Å². The minimum Gasteiger partial charge on any atom is -0.311 e. The van der Waals surface area contributed by atoms with Crippen LogP contribution >= 0.6 is 0 Å². The Bertz CT molecular complexity index is 3190. The van der Waals surface area contributed by atoms with E-state index in [2.05, 4.69) is 244 Å². The molecule has 0 bridgehead atoms. The number of anilines is 3. The van der Waals surface area contributed by atoms with Crippen molar-refractivity contribution >= 4 is 51.0 Å². The molecule has 3 nitrogen and oxygen atoms in total. The molecule has 0 saturated heterocycles. The summed E-state index contributed by atoms with van der Waals surface area (Å²) in [5.41, 5.74) is 18.5. The molecule has 1 atom stereocenters. The molecule has 8 aromatic carbocycles. The van der Waals surface area contributed by atoms with Gasteiger partial charge >= 0.3 is 0 Å². The number of allylic oxidation sites excluding steroid dienone is 4. The van der Waals surface area contributed by atoms with Gasteiger partial charge in [-0.2, -0.15) is 0 Å². The van der Waals surface area contributed by atoms with Crippen LogP contribution in [0.3, 0.4) is 0 Å². The van der Waals surface area contributed by atoms with Crippen molar-refractivity contribution in [1.29, 1.82) is 0 Å². The van der Waals surface area contributed by atoms with Gasteiger partial charge in [0, 0.05) is 39.3 Å². The first kappa shape index (κ1) is 39.6. The smallest absolute Gasteiger partial charge is 0.145 e. The Morgan fingerprint density at radius 2 is 1.10 bits per heavy atom. The minimum atomic E-state index is -0.276. The fourth-order valence-electron chi connectivity index (χ4n) is 10.1. The van der Waals surface area contributed by atoms with Crippen molar-refractivity contribution in [1.82, 2.24) is 9.55 Å². The number of nitrogens with zero attached hydrogens (tertiary/aromatic N) is 3. The highest BCUT2D eigenvalue weighted by atomic mass is 15.1. The Kier molecular flexibility index (Phi) is 10.3. The van der Waals surface area contributed by atoms with Crippen LogP contribution in [0, 0.1) is 13.8 Å². The largest absolute Gasteiger partial charge is 0.311 e. The second kappa shape index (κ2) is 16.4. The molecule has 1 aliphatic carbocycles. The zero-order valence-electron chi connectivity index (χ0n) is 36.7. The molecule has 0 fully saturated rings. The van der Waals surface area contributed by atoms with E-state index >= 15 is 0 Å². The Morgan fingerprint density at radius 3 is 1.73 bits per heavy atom. The van der Waals surface area contributed by atoms with E-state index in [1.807, 2.05) is 6.07 Å². The molecule has 1 unspecified atom stereocenters. The number of rotatable bonds is 9. The van der Waals surface area contributed by atoms with Gasteiger partial charge in [0.05, 0.1) is 11.0 Å². The number of para-hydroxylation sites is 2. The highest BCUT2D eigenvalue weighted by molar-refractivity contribution is 6.15. The Balaban J connectivity index is 1.19. The van der Waals surface area contributed by atoms with E-state index < -0.39 is 0 Å². The Hall–Kier alpha value is -7.49. The lowest BCUT2D eigenvalue weighted by atomic mass is 9.71. The van der Waals surface area contributed by atoms with E-state index in [9.17, 15) is 0 Å². The second-order valence-corrected chi connectivity index (χ2v) is 17.5. The zero-order chi connectivity index (χ0) is 43.1. The van der Waals surface area contributed by atoms with Gasteiger partial charge < -0.3 is 4.90 Å². The van der Waals surface area contributed by atoms with Crippen LogP contribution in [0.2, 0.25) is 0 Å². The molecule has 1 aromatic heterocycles. The maximum atomic E-state index is 5.84. The molecule has 0 saturated carbocycles. The minimum absolute atomic E-state index is 0.276. The normalized spacial score (nSPS) is 15.2. The predicted molar refractivity (Wildman–Crippen MR) is 268 cm³/mol. The maximum Gasteiger partial charge on any atom is 0.145 e. The molecular weight excluding hydrogens is 763 g/mol. The van der Waals surface area contributed by atoms with Crippen molar-refractivity contribution in [3.63, 3.8) is 0 Å². The molecule has 0 amide bonds. The number of aryl methyl sites for hydroxylation is 2. The summed E-state index contributed by atoms with van der Waals surface area (Å²) in [7, 11) is 0. The summed E-state index contributed by atoms with van der Waals surface area (Å²) in [6.45, 7) is 11.3. The van der Waals surface area contributed by atoms with Crippen LogP contribution in [0.15, 0.2) is 205 Å². The van der Waals surface area contributed by atoms with Crippen molar-refractivity contribution in [2.24, 2.45) is 0 Å². The number of imidazole rings is 1. The van der Waals surface area contributed by atoms with Crippen LogP contribution in [-0.4, -0.2) is 9.55 Å². The molecule has 0 aliphatic heterocycles. The molecule has 10 rings (SSSR count). The molecule has 3 heteroatoms. The van der Waals surface area contributed by atoms with Crippen molar-refractivity contribution in [2.45, 2.75) is 46.5 Å². The Morgan fingerprint density at radius 1 is 0.556 bits per heavy atom. The molecule has 1 heterocycles. The highest BCUT2D eigenvalue weighted by Crippen LogP contribution is 2.49. The summed E-state index contributed by atoms with van der Waals surface area (Å²) in [6.07, 6.45) is 10.1. The third kappa shape index (κ3) is 7.61. The van der Waals surface area contributed by atoms with E-state index in [4.69, 9.17) is 4.98 Å². The van der Waals surface area contributed by atoms with Crippen molar-refractivity contribution in [3.8, 4) is 28.2 Å². The average Bonchev–Trinajstić information content (AvgIpc) is 3.68. The molecule has 1 aliphatic rings.